The summed E-state index contributed by atoms with van der Waals surface area (Å²) in [7, 11) is 0. The molecule has 3 atom stereocenters. The molecule has 0 saturated carbocycles. The predicted molar refractivity (Wildman–Crippen MR) is 48.7 cm³/mol. The molecule has 70 valence electrons. The fourth-order valence-corrected chi connectivity index (χ4v) is 1.87. The van der Waals surface area contributed by atoms with Crippen molar-refractivity contribution < 1.29 is 10.2 Å². The second kappa shape index (κ2) is 4.06. The van der Waals surface area contributed by atoms with E-state index in [9.17, 15) is 5.11 Å². The third-order valence-corrected chi connectivity index (χ3v) is 2.90. The highest BCUT2D eigenvalue weighted by Gasteiger charge is 2.29. The Morgan fingerprint density at radius 3 is 2.75 bits per heavy atom. The molecule has 0 aromatic carbocycles. The first kappa shape index (κ1) is 9.75. The van der Waals surface area contributed by atoms with E-state index < -0.39 is 0 Å². The number of hydrogen-bond acceptors (Lipinski definition) is 2. The fraction of sp³-hybridized carbons (Fsp3) is 0.800. The van der Waals surface area contributed by atoms with Gasteiger partial charge in [-0.05, 0) is 37.2 Å². The minimum Gasteiger partial charge on any atom is -0.396 e. The Hall–Kier alpha value is -0.340. The Kier molecular flexibility index (Phi) is 3.29. The maximum absolute atomic E-state index is 9.70. The number of hydrogen-bond donors (Lipinski definition) is 2. The van der Waals surface area contributed by atoms with E-state index in [1.807, 2.05) is 6.92 Å². The van der Waals surface area contributed by atoms with Gasteiger partial charge in [0.15, 0.2) is 0 Å². The van der Waals surface area contributed by atoms with Crippen LogP contribution in [0, 0.1) is 11.8 Å². The van der Waals surface area contributed by atoms with Crippen LogP contribution in [-0.2, 0) is 0 Å². The summed E-state index contributed by atoms with van der Waals surface area (Å²) >= 11 is 0. The van der Waals surface area contributed by atoms with E-state index in [0.29, 0.717) is 11.8 Å². The highest BCUT2D eigenvalue weighted by atomic mass is 16.3. The van der Waals surface area contributed by atoms with Crippen molar-refractivity contribution in [3.8, 4) is 0 Å². The monoisotopic (exact) mass is 170 g/mol. The average molecular weight is 170 g/mol. The molecular weight excluding hydrogens is 152 g/mol. The van der Waals surface area contributed by atoms with E-state index in [1.165, 1.54) is 0 Å². The molecule has 3 unspecified atom stereocenters. The van der Waals surface area contributed by atoms with Crippen molar-refractivity contribution in [3.05, 3.63) is 11.6 Å². The fourth-order valence-electron chi connectivity index (χ4n) is 1.87. The van der Waals surface area contributed by atoms with Gasteiger partial charge in [0.2, 0.25) is 0 Å². The Balaban J connectivity index is 2.45. The summed E-state index contributed by atoms with van der Waals surface area (Å²) in [4.78, 5) is 0. The van der Waals surface area contributed by atoms with Crippen LogP contribution in [0.15, 0.2) is 11.6 Å². The topological polar surface area (TPSA) is 40.5 Å². The van der Waals surface area contributed by atoms with Gasteiger partial charge in [0.1, 0.15) is 0 Å². The summed E-state index contributed by atoms with van der Waals surface area (Å²) < 4.78 is 0. The zero-order chi connectivity index (χ0) is 9.14. The molecule has 0 bridgehead atoms. The molecule has 1 aliphatic carbocycles. The lowest BCUT2D eigenvalue weighted by Gasteiger charge is -2.22. The van der Waals surface area contributed by atoms with Crippen LogP contribution >= 0.6 is 0 Å². The summed E-state index contributed by atoms with van der Waals surface area (Å²) in [6.45, 7) is 4.29. The van der Waals surface area contributed by atoms with Gasteiger partial charge in [0.05, 0.1) is 6.10 Å². The van der Waals surface area contributed by atoms with Gasteiger partial charge >= 0.3 is 0 Å². The third-order valence-electron chi connectivity index (χ3n) is 2.90. The van der Waals surface area contributed by atoms with Crippen molar-refractivity contribution in [1.82, 2.24) is 0 Å². The van der Waals surface area contributed by atoms with E-state index in [4.69, 9.17) is 5.11 Å². The van der Waals surface area contributed by atoms with Crippen molar-refractivity contribution in [2.75, 3.05) is 6.61 Å². The average Bonchev–Trinajstić information content (AvgIpc) is 2.34. The van der Waals surface area contributed by atoms with E-state index in [0.717, 1.165) is 18.4 Å². The van der Waals surface area contributed by atoms with Gasteiger partial charge in [-0.15, -0.1) is 0 Å². The Morgan fingerprint density at radius 1 is 1.67 bits per heavy atom. The molecule has 0 heterocycles. The summed E-state index contributed by atoms with van der Waals surface area (Å²) in [5, 5.41) is 18.5. The van der Waals surface area contributed by atoms with E-state index >= 15 is 0 Å². The Labute approximate surface area is 73.9 Å². The zero-order valence-corrected chi connectivity index (χ0v) is 7.83. The van der Waals surface area contributed by atoms with Crippen molar-refractivity contribution in [2.45, 2.75) is 32.8 Å². The summed E-state index contributed by atoms with van der Waals surface area (Å²) in [5.74, 6) is 0.746. The van der Waals surface area contributed by atoms with E-state index in [-0.39, 0.29) is 12.7 Å². The molecule has 2 nitrogen and oxygen atoms in total. The predicted octanol–water partition coefficient (Wildman–Crippen LogP) is 1.33. The molecule has 0 radical (unpaired) electrons. The minimum atomic E-state index is -0.272. The quantitative estimate of drug-likeness (QED) is 0.627. The van der Waals surface area contributed by atoms with Crippen LogP contribution in [-0.4, -0.2) is 22.9 Å². The molecule has 1 aliphatic rings. The van der Waals surface area contributed by atoms with Crippen molar-refractivity contribution in [2.24, 2.45) is 11.8 Å². The molecule has 0 aromatic heterocycles. The summed E-state index contributed by atoms with van der Waals surface area (Å²) in [6.07, 6.45) is 3.59. The Morgan fingerprint density at radius 2 is 2.33 bits per heavy atom. The van der Waals surface area contributed by atoms with Crippen LogP contribution < -0.4 is 0 Å². The smallest absolute Gasteiger partial charge is 0.0781 e. The van der Waals surface area contributed by atoms with Gasteiger partial charge in [-0.3, -0.25) is 0 Å². The lowest BCUT2D eigenvalue weighted by molar-refractivity contribution is 0.108. The molecule has 0 amide bonds. The van der Waals surface area contributed by atoms with Crippen LogP contribution in [0.2, 0.25) is 0 Å². The number of aliphatic hydroxyl groups is 2. The van der Waals surface area contributed by atoms with Crippen molar-refractivity contribution >= 4 is 0 Å². The minimum absolute atomic E-state index is 0.226. The summed E-state index contributed by atoms with van der Waals surface area (Å²) in [6, 6.07) is 0. The molecule has 0 fully saturated rings. The standard InChI is InChI=1S/C10H18O2/c1-7(5-6-11)9-4-3-8(2)10(9)12/h3,7,9-12H,4-6H2,1-2H3. The second-order valence-corrected chi connectivity index (χ2v) is 3.78. The maximum Gasteiger partial charge on any atom is 0.0781 e. The number of allylic oxidation sites excluding steroid dienone is 1. The first-order valence-corrected chi connectivity index (χ1v) is 4.62. The molecule has 0 spiro atoms. The first-order valence-electron chi connectivity index (χ1n) is 4.62. The molecular formula is C10H18O2. The SMILES string of the molecule is CC1=CCC(C(C)CCO)C1O. The molecule has 0 aromatic rings. The number of rotatable bonds is 3. The summed E-state index contributed by atoms with van der Waals surface area (Å²) in [5.41, 5.74) is 1.09. The normalized spacial score (nSPS) is 31.8. The van der Waals surface area contributed by atoms with E-state index in [1.54, 1.807) is 0 Å². The van der Waals surface area contributed by atoms with Gasteiger partial charge in [0, 0.05) is 6.61 Å². The highest BCUT2D eigenvalue weighted by Crippen LogP contribution is 2.32. The van der Waals surface area contributed by atoms with Crippen LogP contribution in [0.5, 0.6) is 0 Å². The molecule has 0 saturated heterocycles. The molecule has 12 heavy (non-hydrogen) atoms. The first-order chi connectivity index (χ1) is 5.66. The zero-order valence-electron chi connectivity index (χ0n) is 7.83. The maximum atomic E-state index is 9.70. The lowest BCUT2D eigenvalue weighted by Crippen LogP contribution is -2.23. The van der Waals surface area contributed by atoms with Crippen LogP contribution in [0.25, 0.3) is 0 Å². The van der Waals surface area contributed by atoms with Crippen LogP contribution in [0.4, 0.5) is 0 Å². The molecule has 1 rings (SSSR count). The van der Waals surface area contributed by atoms with Crippen LogP contribution in [0.3, 0.4) is 0 Å². The number of aliphatic hydroxyl groups excluding tert-OH is 2. The largest absolute Gasteiger partial charge is 0.396 e. The van der Waals surface area contributed by atoms with Gasteiger partial charge in [-0.25, -0.2) is 0 Å². The van der Waals surface area contributed by atoms with Gasteiger partial charge < -0.3 is 10.2 Å². The van der Waals surface area contributed by atoms with Gasteiger partial charge in [-0.2, -0.15) is 0 Å². The van der Waals surface area contributed by atoms with Crippen LogP contribution in [0.1, 0.15) is 26.7 Å². The van der Waals surface area contributed by atoms with Crippen molar-refractivity contribution in [1.29, 1.82) is 0 Å². The second-order valence-electron chi connectivity index (χ2n) is 3.78. The van der Waals surface area contributed by atoms with Crippen molar-refractivity contribution in [3.63, 3.8) is 0 Å². The Bertz CT molecular complexity index is 175. The van der Waals surface area contributed by atoms with Gasteiger partial charge in [-0.1, -0.05) is 13.0 Å². The molecule has 2 heteroatoms. The molecule has 0 aliphatic heterocycles. The van der Waals surface area contributed by atoms with Gasteiger partial charge in [0.25, 0.3) is 0 Å². The highest BCUT2D eigenvalue weighted by molar-refractivity contribution is 5.14. The third kappa shape index (κ3) is 1.87. The van der Waals surface area contributed by atoms with E-state index in [2.05, 4.69) is 13.0 Å². The lowest BCUT2D eigenvalue weighted by atomic mass is 9.87. The molecule has 2 N–H and O–H groups in total.